The van der Waals surface area contributed by atoms with Crippen molar-refractivity contribution in [1.82, 2.24) is 19.5 Å². The van der Waals surface area contributed by atoms with Crippen molar-refractivity contribution < 1.29 is 8.78 Å². The average molecular weight is 497 g/mol. The van der Waals surface area contributed by atoms with E-state index in [4.69, 9.17) is 0 Å². The lowest BCUT2D eigenvalue weighted by Gasteiger charge is -2.12. The standard InChI is InChI=1S/C18H12BrFN4OS2.CH3F/c1-10-2-5-13(7-21-10)24-17(25)15-16(22-9-27-15)23-18(24)26-8-11-3-4-12(20)6-14(11)19;1-2/h2-7,9H,8H2,1H3;1H3. The van der Waals surface area contributed by atoms with Crippen molar-refractivity contribution in [3.05, 3.63) is 73.9 Å². The van der Waals surface area contributed by atoms with E-state index in [0.29, 0.717) is 38.6 Å². The van der Waals surface area contributed by atoms with Crippen molar-refractivity contribution in [3.8, 4) is 5.69 Å². The first kappa shape index (κ1) is 21.5. The fraction of sp³-hybridized carbons (Fsp3) is 0.158. The largest absolute Gasteiger partial charge is 0.278 e. The molecule has 0 aliphatic rings. The van der Waals surface area contributed by atoms with E-state index in [1.807, 2.05) is 19.1 Å². The Labute approximate surface area is 182 Å². The molecule has 1 aromatic carbocycles. The minimum absolute atomic E-state index is 0.172. The van der Waals surface area contributed by atoms with E-state index in [9.17, 15) is 13.6 Å². The van der Waals surface area contributed by atoms with E-state index in [1.165, 1.54) is 35.2 Å². The summed E-state index contributed by atoms with van der Waals surface area (Å²) in [7, 11) is 0.500. The van der Waals surface area contributed by atoms with Crippen LogP contribution in [0.3, 0.4) is 0 Å². The molecule has 0 N–H and O–H groups in total. The molecule has 0 amide bonds. The number of benzene rings is 1. The van der Waals surface area contributed by atoms with Gasteiger partial charge in [0.25, 0.3) is 5.56 Å². The lowest BCUT2D eigenvalue weighted by molar-refractivity contribution is 0.626. The monoisotopic (exact) mass is 496 g/mol. The highest BCUT2D eigenvalue weighted by molar-refractivity contribution is 9.10. The fourth-order valence-electron chi connectivity index (χ4n) is 2.49. The van der Waals surface area contributed by atoms with Crippen LogP contribution < -0.4 is 5.56 Å². The van der Waals surface area contributed by atoms with Gasteiger partial charge in [-0.2, -0.15) is 0 Å². The van der Waals surface area contributed by atoms with Crippen LogP contribution in [0.25, 0.3) is 16.0 Å². The van der Waals surface area contributed by atoms with E-state index >= 15 is 0 Å². The summed E-state index contributed by atoms with van der Waals surface area (Å²) >= 11 is 6.03. The Morgan fingerprint density at radius 3 is 2.69 bits per heavy atom. The van der Waals surface area contributed by atoms with Gasteiger partial charge in [-0.25, -0.2) is 14.4 Å². The van der Waals surface area contributed by atoms with Crippen LogP contribution in [0.5, 0.6) is 0 Å². The van der Waals surface area contributed by atoms with Gasteiger partial charge in [-0.1, -0.05) is 33.8 Å². The van der Waals surface area contributed by atoms with Gasteiger partial charge in [-0.3, -0.25) is 18.7 Å². The van der Waals surface area contributed by atoms with Crippen LogP contribution in [0, 0.1) is 12.7 Å². The summed E-state index contributed by atoms with van der Waals surface area (Å²) in [5.41, 5.74) is 4.29. The number of halogens is 3. The van der Waals surface area contributed by atoms with Gasteiger partial charge >= 0.3 is 0 Å². The van der Waals surface area contributed by atoms with Crippen LogP contribution in [-0.4, -0.2) is 26.7 Å². The average Bonchev–Trinajstić information content (AvgIpc) is 3.19. The van der Waals surface area contributed by atoms with Gasteiger partial charge in [-0.05, 0) is 36.8 Å². The topological polar surface area (TPSA) is 60.7 Å². The second kappa shape index (κ2) is 9.55. The molecule has 0 saturated carbocycles. The number of hydrogen-bond donors (Lipinski definition) is 0. The van der Waals surface area contributed by atoms with E-state index in [0.717, 1.165) is 11.3 Å². The molecule has 150 valence electrons. The summed E-state index contributed by atoms with van der Waals surface area (Å²) in [4.78, 5) is 26.0. The molecule has 3 heterocycles. The summed E-state index contributed by atoms with van der Waals surface area (Å²) in [6.07, 6.45) is 1.66. The molecule has 0 spiro atoms. The maximum Gasteiger partial charge on any atom is 0.278 e. The number of fused-ring (bicyclic) bond motifs is 1. The van der Waals surface area contributed by atoms with E-state index in [2.05, 4.69) is 30.9 Å². The normalized spacial score (nSPS) is 10.7. The molecular formula is C19H15BrF2N4OS2. The number of thiazole rings is 1. The molecule has 29 heavy (non-hydrogen) atoms. The van der Waals surface area contributed by atoms with Crippen molar-refractivity contribution in [2.45, 2.75) is 17.8 Å². The number of alkyl halides is 1. The summed E-state index contributed by atoms with van der Waals surface area (Å²) in [5.74, 6) is 0.211. The third kappa shape index (κ3) is 4.71. The minimum Gasteiger partial charge on any atom is -0.267 e. The number of aryl methyl sites for hydroxylation is 1. The van der Waals surface area contributed by atoms with Gasteiger partial charge in [0.1, 0.15) is 10.5 Å². The first-order valence-corrected chi connectivity index (χ1v) is 10.9. The molecule has 4 rings (SSSR count). The first-order chi connectivity index (χ1) is 14.0. The van der Waals surface area contributed by atoms with Gasteiger partial charge in [0, 0.05) is 15.9 Å². The highest BCUT2D eigenvalue weighted by atomic mass is 79.9. The minimum atomic E-state index is -0.305. The maximum atomic E-state index is 13.3. The number of thioether (sulfide) groups is 1. The third-order valence-corrected chi connectivity index (χ3v) is 6.39. The lowest BCUT2D eigenvalue weighted by Crippen LogP contribution is -2.21. The second-order valence-electron chi connectivity index (χ2n) is 5.72. The zero-order chi connectivity index (χ0) is 21.0. The van der Waals surface area contributed by atoms with Crippen LogP contribution >= 0.6 is 39.0 Å². The van der Waals surface area contributed by atoms with Crippen molar-refractivity contribution >= 4 is 49.4 Å². The summed E-state index contributed by atoms with van der Waals surface area (Å²) in [6, 6.07) is 8.24. The van der Waals surface area contributed by atoms with E-state index in [1.54, 1.807) is 22.3 Å². The molecule has 3 aromatic heterocycles. The van der Waals surface area contributed by atoms with Gasteiger partial charge in [0.2, 0.25) is 0 Å². The molecule has 4 aromatic rings. The van der Waals surface area contributed by atoms with Gasteiger partial charge in [-0.15, -0.1) is 11.3 Å². The van der Waals surface area contributed by atoms with E-state index < -0.39 is 0 Å². The summed E-state index contributed by atoms with van der Waals surface area (Å²) in [6.45, 7) is 1.89. The molecule has 0 saturated heterocycles. The highest BCUT2D eigenvalue weighted by Crippen LogP contribution is 2.28. The summed E-state index contributed by atoms with van der Waals surface area (Å²) < 4.78 is 25.5. The highest BCUT2D eigenvalue weighted by Gasteiger charge is 2.16. The molecule has 0 radical (unpaired) electrons. The zero-order valence-electron chi connectivity index (χ0n) is 15.4. The van der Waals surface area contributed by atoms with Crippen molar-refractivity contribution in [3.63, 3.8) is 0 Å². The second-order valence-corrected chi connectivity index (χ2v) is 8.37. The Bertz CT molecular complexity index is 1200. The molecule has 0 aliphatic heterocycles. The van der Waals surface area contributed by atoms with Crippen molar-refractivity contribution in [1.29, 1.82) is 0 Å². The number of rotatable bonds is 4. The molecule has 0 aliphatic carbocycles. The van der Waals surface area contributed by atoms with Crippen LogP contribution in [0.2, 0.25) is 0 Å². The Morgan fingerprint density at radius 2 is 2.00 bits per heavy atom. The molecule has 0 fully saturated rings. The lowest BCUT2D eigenvalue weighted by atomic mass is 10.2. The molecule has 0 atom stereocenters. The molecular weight excluding hydrogens is 482 g/mol. The van der Waals surface area contributed by atoms with Crippen LogP contribution in [-0.2, 0) is 5.75 Å². The Hall–Kier alpha value is -2.17. The predicted octanol–water partition coefficient (Wildman–Crippen LogP) is 5.33. The van der Waals surface area contributed by atoms with Crippen LogP contribution in [0.15, 0.2) is 56.5 Å². The van der Waals surface area contributed by atoms with E-state index in [-0.39, 0.29) is 11.4 Å². The number of nitrogens with zero attached hydrogens (tertiary/aromatic N) is 4. The molecule has 5 nitrogen and oxygen atoms in total. The number of aromatic nitrogens is 4. The number of hydrogen-bond acceptors (Lipinski definition) is 6. The Morgan fingerprint density at radius 1 is 1.21 bits per heavy atom. The Kier molecular flexibility index (Phi) is 7.09. The van der Waals surface area contributed by atoms with Crippen molar-refractivity contribution in [2.24, 2.45) is 0 Å². The maximum absolute atomic E-state index is 13.3. The molecule has 10 heteroatoms. The first-order valence-electron chi connectivity index (χ1n) is 8.27. The van der Waals surface area contributed by atoms with Gasteiger partial charge in [0.15, 0.2) is 10.8 Å². The molecule has 0 unspecified atom stereocenters. The molecule has 0 bridgehead atoms. The Balaban J connectivity index is 0.00000117. The summed E-state index contributed by atoms with van der Waals surface area (Å²) in [5, 5.41) is 0.514. The third-order valence-electron chi connectivity index (χ3n) is 3.86. The predicted molar refractivity (Wildman–Crippen MR) is 116 cm³/mol. The fourth-order valence-corrected chi connectivity index (χ4v) is 4.83. The smallest absolute Gasteiger partial charge is 0.267 e. The van der Waals surface area contributed by atoms with Crippen LogP contribution in [0.4, 0.5) is 8.78 Å². The zero-order valence-corrected chi connectivity index (χ0v) is 18.6. The quantitative estimate of drug-likeness (QED) is 0.282. The number of pyridine rings is 1. The van der Waals surface area contributed by atoms with Crippen molar-refractivity contribution in [2.75, 3.05) is 7.18 Å². The van der Waals surface area contributed by atoms with Gasteiger partial charge < -0.3 is 0 Å². The SMILES string of the molecule is CF.Cc1ccc(-n2c(SCc3ccc(F)cc3Br)nc3ncsc3c2=O)cn1. The van der Waals surface area contributed by atoms with Gasteiger partial charge in [0.05, 0.1) is 24.6 Å². The van der Waals surface area contributed by atoms with Crippen LogP contribution in [0.1, 0.15) is 11.3 Å².